The van der Waals surface area contributed by atoms with Gasteiger partial charge in [0.1, 0.15) is 29.3 Å². The normalized spacial score (nSPS) is 16.4. The van der Waals surface area contributed by atoms with Gasteiger partial charge >= 0.3 is 6.18 Å². The maximum Gasteiger partial charge on any atom is 0.420 e. The van der Waals surface area contributed by atoms with E-state index in [1.54, 1.807) is 33.8 Å². The van der Waals surface area contributed by atoms with Gasteiger partial charge in [-0.05, 0) is 43.2 Å². The smallest absolute Gasteiger partial charge is 0.420 e. The van der Waals surface area contributed by atoms with Gasteiger partial charge in [-0.3, -0.25) is 0 Å². The molecule has 0 aliphatic carbocycles. The predicted molar refractivity (Wildman–Crippen MR) is 136 cm³/mol. The zero-order valence-corrected chi connectivity index (χ0v) is 21.2. The van der Waals surface area contributed by atoms with E-state index in [-0.39, 0.29) is 16.5 Å². The Labute approximate surface area is 219 Å². The van der Waals surface area contributed by atoms with E-state index in [9.17, 15) is 13.2 Å². The molecule has 196 valence electrons. The number of hydrogen-bond donors (Lipinski definition) is 0. The fraction of sp³-hybridized carbons (Fsp3) is 0.308. The molecule has 0 bridgehead atoms. The van der Waals surface area contributed by atoms with E-state index in [0.29, 0.717) is 41.9 Å². The molecule has 1 saturated heterocycles. The van der Waals surface area contributed by atoms with E-state index in [1.165, 1.54) is 0 Å². The Hall–Kier alpha value is -3.64. The van der Waals surface area contributed by atoms with Gasteiger partial charge in [0, 0.05) is 12.8 Å². The van der Waals surface area contributed by atoms with Gasteiger partial charge in [0.25, 0.3) is 0 Å². The molecule has 0 radical (unpaired) electrons. The molecular weight excluding hydrogens is 517 g/mol. The van der Waals surface area contributed by atoms with Crippen LogP contribution >= 0.6 is 11.8 Å². The molecule has 1 fully saturated rings. The summed E-state index contributed by atoms with van der Waals surface area (Å²) in [5.41, 5.74) is 0.876. The molecule has 5 heterocycles. The summed E-state index contributed by atoms with van der Waals surface area (Å²) in [4.78, 5) is 8.13. The molecular formula is C26H23F3N6O2S. The summed E-state index contributed by atoms with van der Waals surface area (Å²) >= 11 is 1.16. The van der Waals surface area contributed by atoms with Crippen molar-refractivity contribution in [2.45, 2.75) is 43.4 Å². The zero-order valence-electron chi connectivity index (χ0n) is 20.4. The van der Waals surface area contributed by atoms with Gasteiger partial charge in [-0.25, -0.2) is 19.2 Å². The van der Waals surface area contributed by atoms with Crippen molar-refractivity contribution in [3.8, 4) is 17.1 Å². The lowest BCUT2D eigenvalue weighted by Gasteiger charge is -2.22. The number of rotatable bonds is 6. The fourth-order valence-corrected chi connectivity index (χ4v) is 4.91. The fourth-order valence-electron chi connectivity index (χ4n) is 4.57. The molecule has 5 aromatic rings. The maximum absolute atomic E-state index is 14.1. The first-order chi connectivity index (χ1) is 18.4. The minimum Gasteiger partial charge on any atom is -0.487 e. The summed E-state index contributed by atoms with van der Waals surface area (Å²) in [6, 6.07) is 13.3. The van der Waals surface area contributed by atoms with Crippen molar-refractivity contribution in [1.82, 2.24) is 29.4 Å². The number of pyridine rings is 1. The molecule has 1 aliphatic rings. The first kappa shape index (κ1) is 24.7. The van der Waals surface area contributed by atoms with Gasteiger partial charge in [0.05, 0.1) is 17.1 Å². The number of ether oxygens (including phenoxy) is 2. The Morgan fingerprint density at radius 1 is 1.08 bits per heavy atom. The molecule has 8 nitrogen and oxygen atoms in total. The van der Waals surface area contributed by atoms with E-state index in [4.69, 9.17) is 14.6 Å². The van der Waals surface area contributed by atoms with Crippen LogP contribution in [0.5, 0.6) is 5.75 Å². The van der Waals surface area contributed by atoms with Crippen LogP contribution in [0.3, 0.4) is 0 Å². The van der Waals surface area contributed by atoms with Gasteiger partial charge in [0.15, 0.2) is 17.0 Å². The second kappa shape index (κ2) is 9.91. The highest BCUT2D eigenvalue weighted by molar-refractivity contribution is 7.98. The van der Waals surface area contributed by atoms with E-state index in [2.05, 4.69) is 15.1 Å². The molecule has 0 saturated carbocycles. The molecule has 4 aromatic heterocycles. The van der Waals surface area contributed by atoms with Crippen LogP contribution < -0.4 is 4.74 Å². The van der Waals surface area contributed by atoms with Gasteiger partial charge in [-0.15, -0.1) is 5.10 Å². The number of benzene rings is 1. The molecule has 1 aromatic carbocycles. The summed E-state index contributed by atoms with van der Waals surface area (Å²) in [5.74, 6) is 0.573. The molecule has 1 unspecified atom stereocenters. The molecule has 12 heteroatoms. The first-order valence-corrected chi connectivity index (χ1v) is 13.3. The van der Waals surface area contributed by atoms with E-state index in [1.807, 2.05) is 30.3 Å². The van der Waals surface area contributed by atoms with Crippen molar-refractivity contribution in [1.29, 1.82) is 0 Å². The number of fused-ring (bicyclic) bond motifs is 3. The number of nitrogens with zero attached hydrogens (tertiary/aromatic N) is 6. The number of thioether (sulfide) groups is 1. The summed E-state index contributed by atoms with van der Waals surface area (Å²) in [7, 11) is 0. The van der Waals surface area contributed by atoms with Gasteiger partial charge < -0.3 is 9.47 Å². The second-order valence-corrected chi connectivity index (χ2v) is 9.67. The van der Waals surface area contributed by atoms with Crippen LogP contribution in [0.2, 0.25) is 0 Å². The van der Waals surface area contributed by atoms with E-state index in [0.717, 1.165) is 36.4 Å². The molecule has 1 aliphatic heterocycles. The zero-order chi connectivity index (χ0) is 26.3. The third-order valence-electron chi connectivity index (χ3n) is 6.40. The monoisotopic (exact) mass is 540 g/mol. The van der Waals surface area contributed by atoms with Crippen molar-refractivity contribution >= 4 is 28.3 Å². The molecule has 0 N–H and O–H groups in total. The number of alkyl halides is 3. The lowest BCUT2D eigenvalue weighted by molar-refractivity contribution is -0.137. The summed E-state index contributed by atoms with van der Waals surface area (Å²) in [6.45, 7) is 0.916. The standard InChI is InChI=1S/C26H23F3N6O2S/c1-38-25-30-13-18(26(27,28)29)22(31-25)23-21-19-11-10-17(37-15-16-7-3-2-4-8-16)14-34(19)33-24(21)35(32-23)20-9-5-6-12-36-20/h2-4,7-8,10-11,13-14,20H,5-6,9,12,15H2,1H3. The van der Waals surface area contributed by atoms with Gasteiger partial charge in [-0.2, -0.15) is 18.3 Å². The third-order valence-corrected chi connectivity index (χ3v) is 6.96. The molecule has 6 rings (SSSR count). The highest BCUT2D eigenvalue weighted by Gasteiger charge is 2.38. The molecule has 0 spiro atoms. The maximum atomic E-state index is 14.1. The van der Waals surface area contributed by atoms with Gasteiger partial charge in [0.2, 0.25) is 0 Å². The van der Waals surface area contributed by atoms with Crippen molar-refractivity contribution in [3.05, 3.63) is 66.0 Å². The third kappa shape index (κ3) is 4.58. The highest BCUT2D eigenvalue weighted by Crippen LogP contribution is 2.41. The highest BCUT2D eigenvalue weighted by atomic mass is 32.2. The quantitative estimate of drug-likeness (QED) is 0.189. The van der Waals surface area contributed by atoms with Crippen LogP contribution in [-0.4, -0.2) is 42.2 Å². The summed E-state index contributed by atoms with van der Waals surface area (Å²) < 4.78 is 57.3. The largest absolute Gasteiger partial charge is 0.487 e. The Balaban J connectivity index is 1.51. The average Bonchev–Trinajstić information content (AvgIpc) is 3.49. The SMILES string of the molecule is CSc1ncc(C(F)(F)F)c(-c2nn(C3CCCCO3)c3nn4cc(OCc5ccccc5)ccc4c23)n1. The predicted octanol–water partition coefficient (Wildman–Crippen LogP) is 6.16. The van der Waals surface area contributed by atoms with Crippen LogP contribution in [0.25, 0.3) is 27.9 Å². The van der Waals surface area contributed by atoms with Gasteiger partial charge in [-0.1, -0.05) is 42.1 Å². The van der Waals surface area contributed by atoms with Crippen LogP contribution in [0.4, 0.5) is 13.2 Å². The minimum absolute atomic E-state index is 0.0900. The molecule has 38 heavy (non-hydrogen) atoms. The molecule has 0 amide bonds. The van der Waals surface area contributed by atoms with E-state index >= 15 is 0 Å². The van der Waals surface area contributed by atoms with Crippen LogP contribution in [0.15, 0.2) is 60.0 Å². The number of aromatic nitrogens is 6. The number of halogens is 3. The Kier molecular flexibility index (Phi) is 6.44. The van der Waals surface area contributed by atoms with Crippen molar-refractivity contribution in [2.24, 2.45) is 0 Å². The van der Waals surface area contributed by atoms with Crippen molar-refractivity contribution in [3.63, 3.8) is 0 Å². The second-order valence-electron chi connectivity index (χ2n) is 8.90. The Morgan fingerprint density at radius 2 is 1.92 bits per heavy atom. The summed E-state index contributed by atoms with van der Waals surface area (Å²) in [5, 5.41) is 10.0. The summed E-state index contributed by atoms with van der Waals surface area (Å²) in [6.07, 6.45) is 1.67. The van der Waals surface area contributed by atoms with E-state index < -0.39 is 18.0 Å². The van der Waals surface area contributed by atoms with Crippen LogP contribution in [-0.2, 0) is 17.5 Å². The number of hydrogen-bond acceptors (Lipinski definition) is 7. The van der Waals surface area contributed by atoms with Crippen molar-refractivity contribution in [2.75, 3.05) is 12.9 Å². The Bertz CT molecular complexity index is 1600. The lowest BCUT2D eigenvalue weighted by atomic mass is 10.1. The topological polar surface area (TPSA) is 79.4 Å². The Morgan fingerprint density at radius 3 is 2.66 bits per heavy atom. The average molecular weight is 541 g/mol. The first-order valence-electron chi connectivity index (χ1n) is 12.1. The van der Waals surface area contributed by atoms with Crippen LogP contribution in [0, 0.1) is 0 Å². The lowest BCUT2D eigenvalue weighted by Crippen LogP contribution is -2.19. The molecule has 1 atom stereocenters. The van der Waals surface area contributed by atoms with Crippen molar-refractivity contribution < 1.29 is 22.6 Å². The minimum atomic E-state index is -4.66. The van der Waals surface area contributed by atoms with Crippen LogP contribution in [0.1, 0.15) is 36.6 Å².